The molecule has 2 unspecified atom stereocenters. The van der Waals surface area contributed by atoms with Gasteiger partial charge in [0.1, 0.15) is 5.82 Å². The number of amides is 2. The van der Waals surface area contributed by atoms with Crippen molar-refractivity contribution in [2.45, 2.75) is 38.1 Å². The SMILES string of the molecule is O=C(CCN1CCCCC1)NC(CCN1CC2CN(C(=O)c3c(F)cccc3Cl)C[C@@H]2C1)c1ccccc1. The van der Waals surface area contributed by atoms with Gasteiger partial charge in [0.25, 0.3) is 5.91 Å². The number of carbonyl (C=O) groups is 2. The first-order chi connectivity index (χ1) is 18.5. The topological polar surface area (TPSA) is 55.9 Å². The summed E-state index contributed by atoms with van der Waals surface area (Å²) in [6.45, 7) is 6.97. The minimum atomic E-state index is -0.564. The Kier molecular flexibility index (Phi) is 8.97. The summed E-state index contributed by atoms with van der Waals surface area (Å²) in [5.41, 5.74) is 1.12. The van der Waals surface area contributed by atoms with Gasteiger partial charge in [0.2, 0.25) is 5.91 Å². The van der Waals surface area contributed by atoms with Gasteiger partial charge in [-0.1, -0.05) is 54.4 Å². The van der Waals surface area contributed by atoms with E-state index in [9.17, 15) is 14.0 Å². The summed E-state index contributed by atoms with van der Waals surface area (Å²) in [5, 5.41) is 3.47. The Morgan fingerprint density at radius 3 is 2.29 bits per heavy atom. The number of rotatable bonds is 9. The zero-order valence-electron chi connectivity index (χ0n) is 22.0. The van der Waals surface area contributed by atoms with Crippen molar-refractivity contribution in [2.75, 3.05) is 52.4 Å². The molecule has 5 rings (SSSR count). The minimum absolute atomic E-state index is 0.0206. The molecule has 2 aromatic rings. The summed E-state index contributed by atoms with van der Waals surface area (Å²) in [5.74, 6) is -0.0159. The maximum atomic E-state index is 14.3. The second kappa shape index (κ2) is 12.6. The average molecular weight is 541 g/mol. The van der Waals surface area contributed by atoms with E-state index in [4.69, 9.17) is 11.6 Å². The van der Waals surface area contributed by atoms with Gasteiger partial charge in [0.15, 0.2) is 0 Å². The number of halogens is 2. The highest BCUT2D eigenvalue weighted by molar-refractivity contribution is 6.33. The average Bonchev–Trinajstić information content (AvgIpc) is 3.50. The molecule has 3 atom stereocenters. The van der Waals surface area contributed by atoms with E-state index in [2.05, 4.69) is 27.2 Å². The van der Waals surface area contributed by atoms with Crippen LogP contribution in [0.2, 0.25) is 5.02 Å². The molecule has 3 aliphatic heterocycles. The highest BCUT2D eigenvalue weighted by atomic mass is 35.5. The summed E-state index contributed by atoms with van der Waals surface area (Å²) in [7, 11) is 0. The molecule has 1 N–H and O–H groups in total. The van der Waals surface area contributed by atoms with Crippen molar-refractivity contribution < 1.29 is 14.0 Å². The summed E-state index contributed by atoms with van der Waals surface area (Å²) in [6, 6.07) is 14.6. The highest BCUT2D eigenvalue weighted by Crippen LogP contribution is 2.33. The Bertz CT molecular complexity index is 1080. The second-order valence-corrected chi connectivity index (χ2v) is 11.5. The first-order valence-corrected chi connectivity index (χ1v) is 14.4. The summed E-state index contributed by atoms with van der Waals surface area (Å²) < 4.78 is 14.3. The molecule has 0 radical (unpaired) electrons. The van der Waals surface area contributed by atoms with Gasteiger partial charge in [-0.15, -0.1) is 0 Å². The van der Waals surface area contributed by atoms with Crippen LogP contribution in [0.25, 0.3) is 0 Å². The van der Waals surface area contributed by atoms with Crippen molar-refractivity contribution in [1.82, 2.24) is 20.0 Å². The second-order valence-electron chi connectivity index (χ2n) is 11.1. The Morgan fingerprint density at radius 1 is 0.895 bits per heavy atom. The Labute approximate surface area is 230 Å². The summed E-state index contributed by atoms with van der Waals surface area (Å²) in [6.07, 6.45) is 5.13. The zero-order chi connectivity index (χ0) is 26.5. The fourth-order valence-electron chi connectivity index (χ4n) is 6.33. The van der Waals surface area contributed by atoms with E-state index in [1.165, 1.54) is 31.4 Å². The standard InChI is InChI=1S/C30H38ClFN4O2/c31-25-10-7-11-26(32)29(25)30(38)36-20-23-18-35(19-24(23)21-36)16-12-27(22-8-3-1-4-9-22)33-28(37)13-17-34-14-5-2-6-15-34/h1,3-4,7-11,23-24,27H,2,5-6,12-21H2,(H,33,37)/t23-,24?,27?/m0/s1. The number of nitrogens with zero attached hydrogens (tertiary/aromatic N) is 3. The first kappa shape index (κ1) is 27.1. The Morgan fingerprint density at radius 2 is 1.61 bits per heavy atom. The van der Waals surface area contributed by atoms with Crippen molar-refractivity contribution in [3.8, 4) is 0 Å². The van der Waals surface area contributed by atoms with E-state index in [0.29, 0.717) is 31.3 Å². The maximum Gasteiger partial charge on any atom is 0.258 e. The lowest BCUT2D eigenvalue weighted by atomic mass is 10.0. The highest BCUT2D eigenvalue weighted by Gasteiger charge is 2.42. The van der Waals surface area contributed by atoms with Crippen molar-refractivity contribution in [1.29, 1.82) is 0 Å². The molecule has 3 aliphatic rings. The number of carbonyl (C=O) groups excluding carboxylic acids is 2. The molecule has 0 saturated carbocycles. The van der Waals surface area contributed by atoms with Crippen LogP contribution in [0, 0.1) is 17.7 Å². The van der Waals surface area contributed by atoms with Crippen LogP contribution in [0.1, 0.15) is 54.1 Å². The quantitative estimate of drug-likeness (QED) is 0.505. The molecule has 0 aliphatic carbocycles. The Balaban J connectivity index is 1.13. The van der Waals surface area contributed by atoms with Gasteiger partial charge in [0, 0.05) is 45.7 Å². The van der Waals surface area contributed by atoms with Crippen LogP contribution >= 0.6 is 11.6 Å². The lowest BCUT2D eigenvalue weighted by Gasteiger charge is -2.27. The van der Waals surface area contributed by atoms with Crippen molar-refractivity contribution in [3.05, 3.63) is 70.5 Å². The summed E-state index contributed by atoms with van der Waals surface area (Å²) in [4.78, 5) is 32.4. The number of hydrogen-bond donors (Lipinski definition) is 1. The third-order valence-corrected chi connectivity index (χ3v) is 8.72. The van der Waals surface area contributed by atoms with Crippen LogP contribution in [0.5, 0.6) is 0 Å². The number of fused-ring (bicyclic) bond motifs is 1. The fourth-order valence-corrected chi connectivity index (χ4v) is 6.57. The largest absolute Gasteiger partial charge is 0.349 e. The summed E-state index contributed by atoms with van der Waals surface area (Å²) >= 11 is 6.14. The lowest BCUT2D eigenvalue weighted by molar-refractivity contribution is -0.122. The zero-order valence-corrected chi connectivity index (χ0v) is 22.7. The van der Waals surface area contributed by atoms with E-state index < -0.39 is 5.82 Å². The van der Waals surface area contributed by atoms with Gasteiger partial charge in [-0.2, -0.15) is 0 Å². The molecule has 2 amide bonds. The third kappa shape index (κ3) is 6.56. The molecule has 3 heterocycles. The first-order valence-electron chi connectivity index (χ1n) is 14.0. The van der Waals surface area contributed by atoms with Gasteiger partial charge < -0.3 is 20.0 Å². The molecule has 0 spiro atoms. The molecule has 0 bridgehead atoms. The molecular weight excluding hydrogens is 503 g/mol. The number of hydrogen-bond acceptors (Lipinski definition) is 4. The van der Waals surface area contributed by atoms with Gasteiger partial charge in [-0.25, -0.2) is 4.39 Å². The van der Waals surface area contributed by atoms with E-state index in [-0.39, 0.29) is 28.4 Å². The Hall–Kier alpha value is -2.48. The van der Waals surface area contributed by atoms with Crippen LogP contribution in [0.4, 0.5) is 4.39 Å². The van der Waals surface area contributed by atoms with Gasteiger partial charge in [-0.3, -0.25) is 9.59 Å². The van der Waals surface area contributed by atoms with Crippen molar-refractivity contribution in [3.63, 3.8) is 0 Å². The molecule has 0 aromatic heterocycles. The molecular formula is C30H38ClFN4O2. The monoisotopic (exact) mass is 540 g/mol. The van der Waals surface area contributed by atoms with Crippen LogP contribution in [-0.2, 0) is 4.79 Å². The van der Waals surface area contributed by atoms with Gasteiger partial charge in [-0.05, 0) is 61.9 Å². The predicted octanol–water partition coefficient (Wildman–Crippen LogP) is 4.61. The van der Waals surface area contributed by atoms with E-state index >= 15 is 0 Å². The number of piperidine rings is 1. The van der Waals surface area contributed by atoms with E-state index in [1.807, 2.05) is 18.2 Å². The van der Waals surface area contributed by atoms with Crippen LogP contribution < -0.4 is 5.32 Å². The normalized spacial score (nSPS) is 22.8. The molecule has 3 fully saturated rings. The molecule has 3 saturated heterocycles. The third-order valence-electron chi connectivity index (χ3n) is 8.40. The van der Waals surface area contributed by atoms with Crippen molar-refractivity contribution in [2.24, 2.45) is 11.8 Å². The molecule has 38 heavy (non-hydrogen) atoms. The van der Waals surface area contributed by atoms with Crippen LogP contribution in [0.3, 0.4) is 0 Å². The molecule has 204 valence electrons. The van der Waals surface area contributed by atoms with E-state index in [1.54, 1.807) is 11.0 Å². The minimum Gasteiger partial charge on any atom is -0.349 e. The predicted molar refractivity (Wildman–Crippen MR) is 148 cm³/mol. The number of benzene rings is 2. The maximum absolute atomic E-state index is 14.3. The van der Waals surface area contributed by atoms with Crippen LogP contribution in [-0.4, -0.2) is 78.9 Å². The fraction of sp³-hybridized carbons (Fsp3) is 0.533. The van der Waals surface area contributed by atoms with Gasteiger partial charge in [0.05, 0.1) is 16.6 Å². The molecule has 6 nitrogen and oxygen atoms in total. The lowest BCUT2D eigenvalue weighted by Crippen LogP contribution is -2.37. The van der Waals surface area contributed by atoms with E-state index in [0.717, 1.165) is 51.3 Å². The smallest absolute Gasteiger partial charge is 0.258 e. The van der Waals surface area contributed by atoms with Crippen molar-refractivity contribution >= 4 is 23.4 Å². The number of likely N-dealkylation sites (tertiary alicyclic amines) is 3. The van der Waals surface area contributed by atoms with Crippen LogP contribution in [0.15, 0.2) is 48.5 Å². The number of nitrogens with one attached hydrogen (secondary N) is 1. The molecule has 8 heteroatoms. The van der Waals surface area contributed by atoms with Gasteiger partial charge >= 0.3 is 0 Å². The molecule has 2 aromatic carbocycles.